The maximum Gasteiger partial charge on any atom is 0.280 e. The number of hydrogen-bond acceptors (Lipinski definition) is 9. The minimum Gasteiger partial charge on any atom is -0.492 e. The maximum absolute atomic E-state index is 12.2. The van der Waals surface area contributed by atoms with Crippen LogP contribution < -0.4 is 32.6 Å². The van der Waals surface area contributed by atoms with Gasteiger partial charge < -0.3 is 27.3 Å². The molecule has 0 aliphatic carbocycles. The van der Waals surface area contributed by atoms with Gasteiger partial charge in [-0.2, -0.15) is 0 Å². The van der Waals surface area contributed by atoms with E-state index in [4.69, 9.17) is 33.5 Å². The highest BCUT2D eigenvalue weighted by atomic mass is 35.5. The third-order valence-electron chi connectivity index (χ3n) is 4.36. The number of benzene rings is 1. The third kappa shape index (κ3) is 9.29. The fourth-order valence-electron chi connectivity index (χ4n) is 2.72. The van der Waals surface area contributed by atoms with Gasteiger partial charge >= 0.3 is 0 Å². The van der Waals surface area contributed by atoms with Gasteiger partial charge in [-0.05, 0) is 43.9 Å². The van der Waals surface area contributed by atoms with Crippen LogP contribution in [0.2, 0.25) is 5.15 Å². The van der Waals surface area contributed by atoms with Crippen LogP contribution in [-0.2, 0) is 11.2 Å². The number of anilines is 2. The van der Waals surface area contributed by atoms with Gasteiger partial charge in [0.1, 0.15) is 18.1 Å². The lowest BCUT2D eigenvalue weighted by Crippen LogP contribution is -2.38. The van der Waals surface area contributed by atoms with E-state index in [1.165, 1.54) is 12.5 Å². The van der Waals surface area contributed by atoms with E-state index in [0.29, 0.717) is 26.2 Å². The lowest BCUT2D eigenvalue weighted by molar-refractivity contribution is -0.116. The van der Waals surface area contributed by atoms with Crippen LogP contribution in [0.15, 0.2) is 29.3 Å². The van der Waals surface area contributed by atoms with Crippen molar-refractivity contribution in [3.05, 3.63) is 40.7 Å². The van der Waals surface area contributed by atoms with Gasteiger partial charge in [-0.1, -0.05) is 23.7 Å². The van der Waals surface area contributed by atoms with Gasteiger partial charge in [-0.25, -0.2) is 9.97 Å². The number of nitrogens with one attached hydrogen (secondary N) is 2. The maximum atomic E-state index is 12.2. The highest BCUT2D eigenvalue weighted by molar-refractivity contribution is 6.31. The van der Waals surface area contributed by atoms with E-state index in [9.17, 15) is 9.59 Å². The zero-order valence-corrected chi connectivity index (χ0v) is 19.2. The van der Waals surface area contributed by atoms with Crippen molar-refractivity contribution in [1.82, 2.24) is 20.6 Å². The highest BCUT2D eigenvalue weighted by Crippen LogP contribution is 2.17. The summed E-state index contributed by atoms with van der Waals surface area (Å²) in [5, 5.41) is 5.28. The fourth-order valence-corrected chi connectivity index (χ4v) is 2.85. The molecule has 2 aromatic rings. The number of nitrogens with zero attached hydrogens (tertiary/aromatic N) is 3. The molecule has 0 fully saturated rings. The monoisotopic (exact) mass is 476 g/mol. The molecule has 1 aromatic carbocycles. The number of guanidine groups is 1. The molecule has 0 saturated carbocycles. The van der Waals surface area contributed by atoms with Gasteiger partial charge in [-0.15, -0.1) is 0 Å². The van der Waals surface area contributed by atoms with E-state index in [1.54, 1.807) is 0 Å². The molecule has 12 heteroatoms. The van der Waals surface area contributed by atoms with Crippen molar-refractivity contribution in [2.75, 3.05) is 37.7 Å². The first-order valence-electron chi connectivity index (χ1n) is 10.4. The molecule has 2 rings (SSSR count). The van der Waals surface area contributed by atoms with E-state index < -0.39 is 5.91 Å². The molecule has 0 aliphatic heterocycles. The Balaban J connectivity index is 1.67. The van der Waals surface area contributed by atoms with E-state index >= 15 is 0 Å². The number of rotatable bonds is 12. The first kappa shape index (κ1) is 25.8. The Bertz CT molecular complexity index is 982. The van der Waals surface area contributed by atoms with Gasteiger partial charge in [0.2, 0.25) is 0 Å². The molecule has 1 amide bonds. The van der Waals surface area contributed by atoms with Crippen LogP contribution in [0.25, 0.3) is 0 Å². The van der Waals surface area contributed by atoms with Crippen LogP contribution in [0.4, 0.5) is 11.6 Å². The summed E-state index contributed by atoms with van der Waals surface area (Å²) in [7, 11) is 0. The van der Waals surface area contributed by atoms with Gasteiger partial charge in [0.15, 0.2) is 28.4 Å². The number of amides is 1. The summed E-state index contributed by atoms with van der Waals surface area (Å²) in [6, 6.07) is 7.87. The number of halogens is 1. The topological polar surface area (TPSA) is 184 Å². The molecule has 178 valence electrons. The van der Waals surface area contributed by atoms with Gasteiger partial charge in [0.05, 0.1) is 6.54 Å². The van der Waals surface area contributed by atoms with Gasteiger partial charge in [0, 0.05) is 13.1 Å². The minimum atomic E-state index is -0.667. The molecule has 0 saturated heterocycles. The number of carbonyl (C=O) groups excluding carboxylic acids is 2. The summed E-state index contributed by atoms with van der Waals surface area (Å²) in [5.74, 6) is -0.0463. The van der Waals surface area contributed by atoms with Crippen molar-refractivity contribution in [2.45, 2.75) is 26.2 Å². The van der Waals surface area contributed by atoms with E-state index in [0.717, 1.165) is 25.0 Å². The van der Waals surface area contributed by atoms with Crippen LogP contribution >= 0.6 is 11.6 Å². The molecule has 0 bridgehead atoms. The Morgan fingerprint density at radius 2 is 1.85 bits per heavy atom. The molecular formula is C21H29ClN8O3. The Labute approximate surface area is 197 Å². The summed E-state index contributed by atoms with van der Waals surface area (Å²) >= 11 is 5.77. The lowest BCUT2D eigenvalue weighted by Gasteiger charge is -2.08. The van der Waals surface area contributed by atoms with Crippen LogP contribution in [0.5, 0.6) is 5.75 Å². The van der Waals surface area contributed by atoms with Crippen molar-refractivity contribution >= 4 is 40.9 Å². The van der Waals surface area contributed by atoms with E-state index in [1.807, 2.05) is 24.3 Å². The molecule has 11 nitrogen and oxygen atoms in total. The van der Waals surface area contributed by atoms with Gasteiger partial charge in [-0.3, -0.25) is 19.9 Å². The molecule has 1 heterocycles. The Morgan fingerprint density at radius 1 is 1.12 bits per heavy atom. The van der Waals surface area contributed by atoms with Crippen LogP contribution in [0.3, 0.4) is 0 Å². The molecule has 0 spiro atoms. The van der Waals surface area contributed by atoms with Crippen molar-refractivity contribution < 1.29 is 14.3 Å². The fraction of sp³-hybridized carbons (Fsp3) is 0.381. The summed E-state index contributed by atoms with van der Waals surface area (Å²) in [4.78, 5) is 34.7. The molecule has 0 aliphatic rings. The lowest BCUT2D eigenvalue weighted by atomic mass is 10.1. The van der Waals surface area contributed by atoms with E-state index in [2.05, 4.69) is 25.6 Å². The number of nitrogen functional groups attached to an aromatic ring is 2. The van der Waals surface area contributed by atoms with Crippen molar-refractivity contribution in [2.24, 2.45) is 10.7 Å². The van der Waals surface area contributed by atoms with Crippen LogP contribution in [0, 0.1) is 0 Å². The Morgan fingerprint density at radius 3 is 2.55 bits per heavy atom. The van der Waals surface area contributed by atoms with E-state index in [-0.39, 0.29) is 34.2 Å². The molecule has 0 radical (unpaired) electrons. The van der Waals surface area contributed by atoms with Crippen LogP contribution in [0.1, 0.15) is 35.8 Å². The molecule has 0 unspecified atom stereocenters. The molecule has 0 atom stereocenters. The molecule has 33 heavy (non-hydrogen) atoms. The number of aryl methyl sites for hydroxylation is 1. The number of hydrogen-bond donors (Lipinski definition) is 5. The number of nitrogens with two attached hydrogens (primary N) is 3. The number of Topliss-reactive ketones (excluding diaryl/α,β-unsaturated/α-hetero) is 1. The number of aliphatic imine (C=N–C) groups is 1. The second-order valence-electron chi connectivity index (χ2n) is 7.18. The van der Waals surface area contributed by atoms with Crippen molar-refractivity contribution in [3.63, 3.8) is 0 Å². The molecular weight excluding hydrogens is 448 g/mol. The Hall–Kier alpha value is -3.44. The average Bonchev–Trinajstić information content (AvgIpc) is 2.76. The second-order valence-corrected chi connectivity index (χ2v) is 7.54. The predicted molar refractivity (Wildman–Crippen MR) is 128 cm³/mol. The zero-order chi connectivity index (χ0) is 24.2. The first-order valence-corrected chi connectivity index (χ1v) is 10.8. The number of carbonyl (C=O) groups is 2. The number of aromatic nitrogens is 2. The minimum absolute atomic E-state index is 0.0477. The quantitative estimate of drug-likeness (QED) is 0.169. The number of ketones is 1. The molecule has 1 aromatic heterocycles. The standard InChI is InChI=1S/C21H29ClN8O3/c1-13(31)12-26-10-11-33-15-7-5-14(6-8-15)4-2-3-9-27-21(25)30-20(32)16-18(23)29-19(24)17(22)28-16/h5-8,26H,2-4,9-12H2,1H3,(H4,23,24,29)(H3,25,27,30,32). The summed E-state index contributed by atoms with van der Waals surface area (Å²) in [5.41, 5.74) is 17.9. The van der Waals surface area contributed by atoms with Crippen LogP contribution in [-0.4, -0.2) is 53.9 Å². The number of unbranched alkanes of at least 4 members (excludes halogenated alkanes) is 1. The zero-order valence-electron chi connectivity index (χ0n) is 18.4. The summed E-state index contributed by atoms with van der Waals surface area (Å²) in [6.07, 6.45) is 2.55. The Kier molecular flexibility index (Phi) is 10.3. The first-order chi connectivity index (χ1) is 15.8. The summed E-state index contributed by atoms with van der Waals surface area (Å²) < 4.78 is 5.63. The van der Waals surface area contributed by atoms with Gasteiger partial charge in [0.25, 0.3) is 5.91 Å². The third-order valence-corrected chi connectivity index (χ3v) is 4.64. The highest BCUT2D eigenvalue weighted by Gasteiger charge is 2.16. The number of ether oxygens (including phenoxy) is 1. The van der Waals surface area contributed by atoms with Crippen molar-refractivity contribution in [1.29, 1.82) is 0 Å². The SMILES string of the molecule is CC(=O)CNCCOc1ccc(CCCCN=C(N)NC(=O)c2nc(Cl)c(N)nc2N)cc1. The normalized spacial score (nSPS) is 11.3. The second kappa shape index (κ2) is 13.2. The van der Waals surface area contributed by atoms with Crippen molar-refractivity contribution in [3.8, 4) is 5.75 Å². The summed E-state index contributed by atoms with van der Waals surface area (Å²) in [6.45, 7) is 3.44. The average molecular weight is 477 g/mol. The smallest absolute Gasteiger partial charge is 0.280 e. The predicted octanol–water partition coefficient (Wildman–Crippen LogP) is 0.919. The largest absolute Gasteiger partial charge is 0.492 e. The molecule has 8 N–H and O–H groups in total.